The molecule has 1 aromatic carbocycles. The second kappa shape index (κ2) is 5.80. The Bertz CT molecular complexity index is 577. The maximum Gasteiger partial charge on any atom is 0.495 e. The molecule has 1 saturated heterocycles. The molecule has 1 saturated carbocycles. The van der Waals surface area contributed by atoms with E-state index < -0.39 is 0 Å². The smallest absolute Gasteiger partial charge is 0.494 e. The predicted molar refractivity (Wildman–Crippen MR) is 91.2 cm³/mol. The van der Waals surface area contributed by atoms with Crippen molar-refractivity contribution < 1.29 is 19.2 Å². The first-order valence-corrected chi connectivity index (χ1v) is 8.55. The van der Waals surface area contributed by atoms with Crippen LogP contribution in [-0.4, -0.2) is 30.0 Å². The van der Waals surface area contributed by atoms with E-state index in [1.165, 1.54) is 18.4 Å². The van der Waals surface area contributed by atoms with Gasteiger partial charge in [-0.2, -0.15) is 0 Å². The number of hydrogen-bond acceptors (Lipinski definition) is 4. The lowest BCUT2D eigenvalue weighted by Crippen LogP contribution is -2.41. The van der Waals surface area contributed by atoms with Crippen LogP contribution >= 0.6 is 0 Å². The monoisotopic (exact) mass is 318 g/mol. The molecule has 0 spiro atoms. The van der Waals surface area contributed by atoms with Crippen LogP contribution in [0.4, 0.5) is 0 Å². The number of ether oxygens (including phenoxy) is 1. The predicted octanol–water partition coefficient (Wildman–Crippen LogP) is 2.75. The van der Waals surface area contributed by atoms with E-state index in [9.17, 15) is 5.11 Å². The van der Waals surface area contributed by atoms with Crippen molar-refractivity contribution in [3.63, 3.8) is 0 Å². The molecule has 1 N–H and O–H groups in total. The summed E-state index contributed by atoms with van der Waals surface area (Å²) in [5, 5.41) is 9.65. The van der Waals surface area contributed by atoms with E-state index in [4.69, 9.17) is 14.0 Å². The molecule has 1 aliphatic heterocycles. The molecule has 0 aromatic heterocycles. The summed E-state index contributed by atoms with van der Waals surface area (Å²) in [7, 11) is -0.387. The van der Waals surface area contributed by atoms with Gasteiger partial charge in [0, 0.05) is 5.56 Å². The Hall–Kier alpha value is -1.04. The molecular weight excluding hydrogens is 291 g/mol. The first-order valence-electron chi connectivity index (χ1n) is 8.55. The minimum Gasteiger partial charge on any atom is -0.494 e. The highest BCUT2D eigenvalue weighted by atomic mass is 16.7. The van der Waals surface area contributed by atoms with Gasteiger partial charge in [0.2, 0.25) is 0 Å². The lowest BCUT2D eigenvalue weighted by atomic mass is 9.74. The molecule has 1 aromatic rings. The van der Waals surface area contributed by atoms with Crippen LogP contribution in [0.15, 0.2) is 12.1 Å². The lowest BCUT2D eigenvalue weighted by molar-refractivity contribution is 0.00578. The molecule has 23 heavy (non-hydrogen) atoms. The van der Waals surface area contributed by atoms with Crippen LogP contribution in [-0.2, 0) is 15.9 Å². The fraction of sp³-hybridized carbons (Fsp3) is 0.667. The number of aliphatic hydroxyl groups excluding tert-OH is 1. The van der Waals surface area contributed by atoms with Crippen LogP contribution in [0.3, 0.4) is 0 Å². The van der Waals surface area contributed by atoms with Crippen molar-refractivity contribution in [3.05, 3.63) is 23.3 Å². The van der Waals surface area contributed by atoms with E-state index in [1.807, 2.05) is 13.0 Å². The van der Waals surface area contributed by atoms with Crippen molar-refractivity contribution in [1.82, 2.24) is 0 Å². The first kappa shape index (κ1) is 16.8. The van der Waals surface area contributed by atoms with Gasteiger partial charge in [0.25, 0.3) is 0 Å². The van der Waals surface area contributed by atoms with Gasteiger partial charge in [-0.3, -0.25) is 0 Å². The van der Waals surface area contributed by atoms with Crippen molar-refractivity contribution in [2.24, 2.45) is 0 Å². The number of aliphatic hydroxyl groups is 1. The van der Waals surface area contributed by atoms with E-state index in [0.29, 0.717) is 12.5 Å². The van der Waals surface area contributed by atoms with Gasteiger partial charge in [0.15, 0.2) is 0 Å². The summed E-state index contributed by atoms with van der Waals surface area (Å²) < 4.78 is 18.2. The zero-order valence-electron chi connectivity index (χ0n) is 14.8. The molecule has 0 radical (unpaired) electrons. The highest BCUT2D eigenvalue weighted by Crippen LogP contribution is 2.43. The highest BCUT2D eigenvalue weighted by molar-refractivity contribution is 6.62. The quantitative estimate of drug-likeness (QED) is 0.848. The van der Waals surface area contributed by atoms with E-state index in [1.54, 1.807) is 0 Å². The highest BCUT2D eigenvalue weighted by Gasteiger charge is 2.52. The molecule has 1 heterocycles. The van der Waals surface area contributed by atoms with Crippen LogP contribution in [0.25, 0.3) is 0 Å². The molecule has 126 valence electrons. The van der Waals surface area contributed by atoms with E-state index in [2.05, 4.69) is 33.8 Å². The zero-order valence-corrected chi connectivity index (χ0v) is 14.8. The second-order valence-corrected chi connectivity index (χ2v) is 7.54. The third-order valence-electron chi connectivity index (χ3n) is 5.26. The van der Waals surface area contributed by atoms with E-state index >= 15 is 0 Å². The summed E-state index contributed by atoms with van der Waals surface area (Å²) in [6.45, 7) is 10.8. The Kier molecular flexibility index (Phi) is 4.24. The van der Waals surface area contributed by atoms with E-state index in [-0.39, 0.29) is 24.9 Å². The van der Waals surface area contributed by atoms with Gasteiger partial charge in [0.1, 0.15) is 5.75 Å². The number of rotatable bonds is 5. The SMILES string of the molecule is CCOc1cc(B2OC(C)(C)C(C)(C)O2)c(C2CC2)cc1CO. The second-order valence-electron chi connectivity index (χ2n) is 7.54. The van der Waals surface area contributed by atoms with Gasteiger partial charge in [-0.05, 0) is 76.5 Å². The Morgan fingerprint density at radius 1 is 1.17 bits per heavy atom. The minimum atomic E-state index is -0.387. The van der Waals surface area contributed by atoms with Crippen LogP contribution in [0, 0.1) is 0 Å². The summed E-state index contributed by atoms with van der Waals surface area (Å²) in [6, 6.07) is 4.08. The van der Waals surface area contributed by atoms with Crippen molar-refractivity contribution >= 4 is 12.6 Å². The Morgan fingerprint density at radius 2 is 1.78 bits per heavy atom. The number of benzene rings is 1. The van der Waals surface area contributed by atoms with Gasteiger partial charge < -0.3 is 19.2 Å². The zero-order chi connectivity index (χ0) is 16.8. The third kappa shape index (κ3) is 3.02. The van der Waals surface area contributed by atoms with Crippen molar-refractivity contribution in [2.45, 2.75) is 71.2 Å². The van der Waals surface area contributed by atoms with Gasteiger partial charge >= 0.3 is 7.12 Å². The Labute approximate surface area is 139 Å². The van der Waals surface area contributed by atoms with Gasteiger partial charge in [-0.1, -0.05) is 0 Å². The summed E-state index contributed by atoms with van der Waals surface area (Å²) >= 11 is 0. The molecular formula is C18H27BO4. The van der Waals surface area contributed by atoms with Crippen molar-refractivity contribution in [2.75, 3.05) is 6.61 Å². The summed E-state index contributed by atoms with van der Waals surface area (Å²) in [5.41, 5.74) is 2.40. The van der Waals surface area contributed by atoms with Crippen LogP contribution in [0.5, 0.6) is 5.75 Å². The minimum absolute atomic E-state index is 0.0152. The molecule has 1 aliphatic carbocycles. The van der Waals surface area contributed by atoms with Crippen LogP contribution in [0.1, 0.15) is 64.5 Å². The molecule has 2 aliphatic rings. The maximum absolute atomic E-state index is 9.65. The summed E-state index contributed by atoms with van der Waals surface area (Å²) in [4.78, 5) is 0. The maximum atomic E-state index is 9.65. The molecule has 0 amide bonds. The third-order valence-corrected chi connectivity index (χ3v) is 5.26. The number of hydrogen-bond donors (Lipinski definition) is 1. The molecule has 3 rings (SSSR count). The van der Waals surface area contributed by atoms with Gasteiger partial charge in [-0.25, -0.2) is 0 Å². The molecule has 4 nitrogen and oxygen atoms in total. The summed E-state index contributed by atoms with van der Waals surface area (Å²) in [6.07, 6.45) is 2.37. The molecule has 2 fully saturated rings. The normalized spacial score (nSPS) is 22.4. The molecule has 5 heteroatoms. The Morgan fingerprint density at radius 3 is 2.26 bits per heavy atom. The lowest BCUT2D eigenvalue weighted by Gasteiger charge is -2.32. The van der Waals surface area contributed by atoms with E-state index in [0.717, 1.165) is 16.8 Å². The van der Waals surface area contributed by atoms with Gasteiger partial charge in [0.05, 0.1) is 24.4 Å². The standard InChI is InChI=1S/C18H27BO4/c1-6-21-16-10-15(14(12-7-8-12)9-13(16)11-20)19-22-17(2,3)18(4,5)23-19/h9-10,12,20H,6-8,11H2,1-5H3. The Balaban J connectivity index is 2.02. The van der Waals surface area contributed by atoms with Crippen LogP contribution in [0.2, 0.25) is 0 Å². The van der Waals surface area contributed by atoms with Crippen molar-refractivity contribution in [1.29, 1.82) is 0 Å². The topological polar surface area (TPSA) is 47.9 Å². The van der Waals surface area contributed by atoms with Gasteiger partial charge in [-0.15, -0.1) is 0 Å². The molecule has 0 bridgehead atoms. The largest absolute Gasteiger partial charge is 0.495 e. The summed E-state index contributed by atoms with van der Waals surface area (Å²) in [5.74, 6) is 1.27. The molecule has 0 unspecified atom stereocenters. The van der Waals surface area contributed by atoms with Crippen LogP contribution < -0.4 is 10.2 Å². The fourth-order valence-electron chi connectivity index (χ4n) is 2.99. The first-order chi connectivity index (χ1) is 10.8. The average Bonchev–Trinajstić information content (AvgIpc) is 3.27. The van der Waals surface area contributed by atoms with Crippen molar-refractivity contribution in [3.8, 4) is 5.75 Å². The fourth-order valence-corrected chi connectivity index (χ4v) is 2.99. The molecule has 0 atom stereocenters. The average molecular weight is 318 g/mol.